The molecule has 0 radical (unpaired) electrons. The number of thiophene rings is 1. The Hall–Kier alpha value is -2.06. The molecule has 1 saturated heterocycles. The van der Waals surface area contributed by atoms with Crippen LogP contribution >= 0.6 is 11.3 Å². The van der Waals surface area contributed by atoms with Gasteiger partial charge in [-0.2, -0.15) is 0 Å². The highest BCUT2D eigenvalue weighted by Crippen LogP contribution is 2.38. The Bertz CT molecular complexity index is 978. The Balaban J connectivity index is 1.63. The number of likely N-dealkylation sites (tertiary alicyclic amines) is 1. The Kier molecular flexibility index (Phi) is 7.64. The minimum absolute atomic E-state index is 0.146. The number of rotatable bonds is 7. The van der Waals surface area contributed by atoms with E-state index < -0.39 is 6.43 Å². The van der Waals surface area contributed by atoms with Crippen molar-refractivity contribution in [1.29, 1.82) is 0 Å². The first kappa shape index (κ1) is 23.6. The molecule has 0 saturated carbocycles. The maximum atomic E-state index is 12.8. The fourth-order valence-electron chi connectivity index (χ4n) is 4.51. The summed E-state index contributed by atoms with van der Waals surface area (Å²) in [6.07, 6.45) is -0.501. The lowest BCUT2D eigenvalue weighted by Gasteiger charge is -2.34. The zero-order valence-corrected chi connectivity index (χ0v) is 19.4. The third kappa shape index (κ3) is 5.60. The Morgan fingerprint density at radius 2 is 1.97 bits per heavy atom. The van der Waals surface area contributed by atoms with E-state index in [-0.39, 0.29) is 30.5 Å². The molecule has 0 spiro atoms. The van der Waals surface area contributed by atoms with Crippen molar-refractivity contribution in [2.45, 2.75) is 59.4 Å². The van der Waals surface area contributed by atoms with Crippen LogP contribution in [-0.2, 0) is 6.54 Å². The first-order chi connectivity index (χ1) is 14.7. The van der Waals surface area contributed by atoms with Crippen LogP contribution in [0.25, 0.3) is 0 Å². The summed E-state index contributed by atoms with van der Waals surface area (Å²) in [5.41, 5.74) is 3.66. The van der Waals surface area contributed by atoms with Crippen LogP contribution < -0.4 is 10.9 Å². The highest BCUT2D eigenvalue weighted by atomic mass is 32.1. The molecule has 0 bridgehead atoms. The Morgan fingerprint density at radius 3 is 2.58 bits per heavy atom. The normalized spacial score (nSPS) is 16.6. The van der Waals surface area contributed by atoms with Crippen LogP contribution in [0.3, 0.4) is 0 Å². The fraction of sp³-hybridized carbons (Fsp3) is 0.565. The van der Waals surface area contributed by atoms with Gasteiger partial charge in [-0.15, -0.1) is 11.3 Å². The van der Waals surface area contributed by atoms with E-state index in [1.807, 2.05) is 37.1 Å². The van der Waals surface area contributed by atoms with Crippen LogP contribution in [0.5, 0.6) is 0 Å². The highest BCUT2D eigenvalue weighted by molar-refractivity contribution is 7.10. The molecule has 31 heavy (non-hydrogen) atoms. The fourth-order valence-corrected chi connectivity index (χ4v) is 5.74. The molecule has 1 aliphatic rings. The van der Waals surface area contributed by atoms with E-state index in [1.165, 1.54) is 4.88 Å². The van der Waals surface area contributed by atoms with Crippen LogP contribution in [0.4, 0.5) is 8.78 Å². The second-order valence-electron chi connectivity index (χ2n) is 8.58. The van der Waals surface area contributed by atoms with Crippen LogP contribution in [-0.4, -0.2) is 41.9 Å². The molecular formula is C23H31F2N3O2S. The minimum atomic E-state index is -2.28. The zero-order valence-electron chi connectivity index (χ0n) is 18.6. The minimum Gasteiger partial charge on any atom is -0.348 e. The molecule has 3 heterocycles. The number of H-pyrrole nitrogens is 1. The van der Waals surface area contributed by atoms with E-state index in [2.05, 4.69) is 17.2 Å². The van der Waals surface area contributed by atoms with Gasteiger partial charge in [0.25, 0.3) is 17.9 Å². The molecule has 2 N–H and O–H groups in total. The van der Waals surface area contributed by atoms with Gasteiger partial charge in [-0.3, -0.25) is 14.5 Å². The number of carbonyl (C=O) groups is 1. The van der Waals surface area contributed by atoms with E-state index in [0.29, 0.717) is 30.1 Å². The molecule has 2 aromatic heterocycles. The lowest BCUT2D eigenvalue weighted by molar-refractivity contribution is 0.0666. The third-order valence-electron chi connectivity index (χ3n) is 6.39. The topological polar surface area (TPSA) is 65.2 Å². The molecule has 170 valence electrons. The smallest absolute Gasteiger partial charge is 0.253 e. The number of aromatic amines is 1. The molecule has 8 heteroatoms. The van der Waals surface area contributed by atoms with Gasteiger partial charge in [0.2, 0.25) is 0 Å². The van der Waals surface area contributed by atoms with E-state index >= 15 is 0 Å². The van der Waals surface area contributed by atoms with Crippen molar-refractivity contribution in [3.63, 3.8) is 0 Å². The lowest BCUT2D eigenvalue weighted by atomic mass is 9.83. The van der Waals surface area contributed by atoms with Crippen LogP contribution in [0, 0.1) is 26.7 Å². The van der Waals surface area contributed by atoms with Gasteiger partial charge in [-0.25, -0.2) is 8.78 Å². The number of piperidine rings is 1. The van der Waals surface area contributed by atoms with E-state index in [1.54, 1.807) is 11.3 Å². The number of aryl methyl sites for hydroxylation is 2. The van der Waals surface area contributed by atoms with Crippen LogP contribution in [0.15, 0.2) is 16.2 Å². The number of aromatic nitrogens is 1. The average Bonchev–Trinajstić information content (AvgIpc) is 3.08. The summed E-state index contributed by atoms with van der Waals surface area (Å²) in [6, 6.07) is 1.89. The van der Waals surface area contributed by atoms with Crippen molar-refractivity contribution >= 4 is 17.2 Å². The van der Waals surface area contributed by atoms with Crippen LogP contribution in [0.1, 0.15) is 63.3 Å². The number of nitrogens with one attached hydrogen (secondary N) is 2. The molecule has 5 nitrogen and oxygen atoms in total. The quantitative estimate of drug-likeness (QED) is 0.657. The molecule has 1 fully saturated rings. The summed E-state index contributed by atoms with van der Waals surface area (Å²) in [5, 5.41) is 4.77. The molecular weight excluding hydrogens is 420 g/mol. The van der Waals surface area contributed by atoms with Gasteiger partial charge >= 0.3 is 0 Å². The number of pyridine rings is 1. The van der Waals surface area contributed by atoms with E-state index in [4.69, 9.17) is 0 Å². The molecule has 3 rings (SSSR count). The summed E-state index contributed by atoms with van der Waals surface area (Å²) in [4.78, 5) is 30.8. The Morgan fingerprint density at radius 1 is 1.29 bits per heavy atom. The largest absolute Gasteiger partial charge is 0.348 e. The summed E-state index contributed by atoms with van der Waals surface area (Å²) in [7, 11) is 0. The summed E-state index contributed by atoms with van der Waals surface area (Å²) in [5.74, 6) is 0.525. The number of halogens is 2. The van der Waals surface area contributed by atoms with Crippen molar-refractivity contribution in [2.24, 2.45) is 5.92 Å². The summed E-state index contributed by atoms with van der Waals surface area (Å²) >= 11 is 1.59. The maximum absolute atomic E-state index is 12.8. The van der Waals surface area contributed by atoms with Gasteiger partial charge in [0.15, 0.2) is 0 Å². The first-order valence-corrected chi connectivity index (χ1v) is 11.6. The highest BCUT2D eigenvalue weighted by Gasteiger charge is 2.28. The van der Waals surface area contributed by atoms with Gasteiger partial charge in [0.05, 0.1) is 12.1 Å². The van der Waals surface area contributed by atoms with Gasteiger partial charge in [0, 0.05) is 28.1 Å². The molecule has 0 aromatic carbocycles. The van der Waals surface area contributed by atoms with Crippen LogP contribution in [0.2, 0.25) is 0 Å². The lowest BCUT2D eigenvalue weighted by Crippen LogP contribution is -2.38. The number of nitrogens with zero attached hydrogens (tertiary/aromatic N) is 1. The Labute approximate surface area is 185 Å². The molecule has 1 amide bonds. The zero-order chi connectivity index (χ0) is 22.7. The van der Waals surface area contributed by atoms with Gasteiger partial charge in [0.1, 0.15) is 0 Å². The van der Waals surface area contributed by atoms with Gasteiger partial charge in [-0.05, 0) is 75.7 Å². The van der Waals surface area contributed by atoms with Crippen molar-refractivity contribution < 1.29 is 13.6 Å². The first-order valence-electron chi connectivity index (χ1n) is 10.7. The molecule has 1 atom stereocenters. The van der Waals surface area contributed by atoms with Gasteiger partial charge < -0.3 is 10.3 Å². The third-order valence-corrected chi connectivity index (χ3v) is 7.68. The van der Waals surface area contributed by atoms with E-state index in [9.17, 15) is 18.4 Å². The number of amides is 1. The standard InChI is InChI=1S/C23H31F2N3O2S/c1-13-9-14(2)27-23(30)18(13)10-26-22(29)19-12-31-21(16(19)4)15(3)17-5-7-28(8-6-17)11-20(24)25/h9,12,15,17,20H,5-8,10-11H2,1-4H3,(H,26,29)(H,27,30). The molecule has 1 unspecified atom stereocenters. The number of alkyl halides is 2. The van der Waals surface area contributed by atoms with Crippen molar-refractivity contribution in [2.75, 3.05) is 19.6 Å². The molecule has 2 aromatic rings. The average molecular weight is 452 g/mol. The van der Waals surface area contributed by atoms with Gasteiger partial charge in [-0.1, -0.05) is 6.92 Å². The number of hydrogen-bond donors (Lipinski definition) is 2. The van der Waals surface area contributed by atoms with Crippen molar-refractivity contribution in [3.8, 4) is 0 Å². The number of carbonyl (C=O) groups excluding carboxylic acids is 1. The van der Waals surface area contributed by atoms with Crippen molar-refractivity contribution in [1.82, 2.24) is 15.2 Å². The summed E-state index contributed by atoms with van der Waals surface area (Å²) in [6.45, 7) is 9.26. The SMILES string of the molecule is Cc1cc(C)c(CNC(=O)c2csc(C(C)C3CCN(CC(F)F)CC3)c2C)c(=O)[nH]1. The summed E-state index contributed by atoms with van der Waals surface area (Å²) < 4.78 is 25.2. The van der Waals surface area contributed by atoms with Crippen molar-refractivity contribution in [3.05, 3.63) is 54.6 Å². The maximum Gasteiger partial charge on any atom is 0.253 e. The second-order valence-corrected chi connectivity index (χ2v) is 9.49. The molecule has 1 aliphatic heterocycles. The van der Waals surface area contributed by atoms with E-state index in [0.717, 1.165) is 29.7 Å². The predicted molar refractivity (Wildman–Crippen MR) is 120 cm³/mol. The predicted octanol–water partition coefficient (Wildman–Crippen LogP) is 4.37. The molecule has 0 aliphatic carbocycles. The second kappa shape index (κ2) is 10.0. The number of hydrogen-bond acceptors (Lipinski definition) is 4. The monoisotopic (exact) mass is 451 g/mol.